The number of rotatable bonds is 3. The number of hydrogen-bond acceptors (Lipinski definition) is 3. The zero-order valence-corrected chi connectivity index (χ0v) is 11.1. The van der Waals surface area contributed by atoms with Crippen LogP contribution in [0, 0.1) is 11.8 Å². The molecule has 1 saturated heterocycles. The predicted molar refractivity (Wildman–Crippen MR) is 68.3 cm³/mol. The largest absolute Gasteiger partial charge is 0.481 e. The second-order valence-electron chi connectivity index (χ2n) is 5.66. The van der Waals surface area contributed by atoms with Gasteiger partial charge in [-0.15, -0.1) is 0 Å². The normalized spacial score (nSPS) is 29.2. The molecule has 1 N–H and O–H groups in total. The van der Waals surface area contributed by atoms with Gasteiger partial charge in [-0.05, 0) is 44.4 Å². The first-order valence-corrected chi connectivity index (χ1v) is 7.14. The van der Waals surface area contributed by atoms with E-state index in [-0.39, 0.29) is 23.7 Å². The molecular weight excluding hydrogens is 246 g/mol. The van der Waals surface area contributed by atoms with Crippen molar-refractivity contribution in [2.24, 2.45) is 11.8 Å². The van der Waals surface area contributed by atoms with Crippen molar-refractivity contribution in [1.82, 2.24) is 4.90 Å². The van der Waals surface area contributed by atoms with E-state index in [0.717, 1.165) is 25.7 Å². The lowest BCUT2D eigenvalue weighted by Crippen LogP contribution is -2.40. The highest BCUT2D eigenvalue weighted by Gasteiger charge is 2.30. The molecule has 0 aromatic rings. The Morgan fingerprint density at radius 2 is 1.58 bits per heavy atom. The topological polar surface area (TPSA) is 74.7 Å². The first-order valence-electron chi connectivity index (χ1n) is 7.14. The summed E-state index contributed by atoms with van der Waals surface area (Å²) in [5.74, 6) is -0.792. The monoisotopic (exact) mass is 267 g/mol. The summed E-state index contributed by atoms with van der Waals surface area (Å²) >= 11 is 0. The van der Waals surface area contributed by atoms with Gasteiger partial charge >= 0.3 is 5.97 Å². The number of carboxylic acids is 1. The maximum absolute atomic E-state index is 11.9. The van der Waals surface area contributed by atoms with Crippen LogP contribution >= 0.6 is 0 Å². The van der Waals surface area contributed by atoms with E-state index in [0.29, 0.717) is 32.2 Å². The molecule has 2 amide bonds. The third-order valence-electron chi connectivity index (χ3n) is 4.27. The lowest BCUT2D eigenvalue weighted by molar-refractivity contribution is -0.147. The van der Waals surface area contributed by atoms with Crippen molar-refractivity contribution >= 4 is 17.8 Å². The third-order valence-corrected chi connectivity index (χ3v) is 4.27. The summed E-state index contributed by atoms with van der Waals surface area (Å²) < 4.78 is 0. The number of aliphatic carboxylic acids is 1. The maximum atomic E-state index is 11.9. The molecule has 5 heteroatoms. The first-order chi connectivity index (χ1) is 9.08. The fraction of sp³-hybridized carbons (Fsp3) is 0.786. The SMILES string of the molecule is O=C(O)C1CCC(CN2C(=O)CCCCC2=O)CC1. The van der Waals surface area contributed by atoms with Crippen LogP contribution in [0.1, 0.15) is 51.4 Å². The highest BCUT2D eigenvalue weighted by molar-refractivity contribution is 5.96. The number of amides is 2. The van der Waals surface area contributed by atoms with Gasteiger partial charge in [0.15, 0.2) is 0 Å². The number of carboxylic acid groups (broad SMARTS) is 1. The number of nitrogens with zero attached hydrogens (tertiary/aromatic N) is 1. The minimum Gasteiger partial charge on any atom is -0.481 e. The Morgan fingerprint density at radius 1 is 1.05 bits per heavy atom. The summed E-state index contributed by atoms with van der Waals surface area (Å²) in [6, 6.07) is 0. The fourth-order valence-corrected chi connectivity index (χ4v) is 3.02. The van der Waals surface area contributed by atoms with Crippen LogP contribution in [0.2, 0.25) is 0 Å². The summed E-state index contributed by atoms with van der Waals surface area (Å²) in [6.07, 6.45) is 5.46. The molecule has 106 valence electrons. The molecular formula is C14H21NO4. The average molecular weight is 267 g/mol. The molecule has 0 radical (unpaired) electrons. The van der Waals surface area contributed by atoms with Crippen LogP contribution in [-0.2, 0) is 14.4 Å². The molecule has 0 atom stereocenters. The zero-order chi connectivity index (χ0) is 13.8. The Labute approximate surface area is 113 Å². The zero-order valence-electron chi connectivity index (χ0n) is 11.1. The fourth-order valence-electron chi connectivity index (χ4n) is 3.02. The summed E-state index contributed by atoms with van der Waals surface area (Å²) in [4.78, 5) is 36.1. The van der Waals surface area contributed by atoms with Gasteiger partial charge in [0, 0.05) is 19.4 Å². The minimum absolute atomic E-state index is 0.0529. The molecule has 0 aromatic heterocycles. The van der Waals surface area contributed by atoms with E-state index in [1.807, 2.05) is 0 Å². The van der Waals surface area contributed by atoms with Crippen molar-refractivity contribution in [3.05, 3.63) is 0 Å². The van der Waals surface area contributed by atoms with Gasteiger partial charge in [-0.3, -0.25) is 19.3 Å². The molecule has 2 rings (SSSR count). The quantitative estimate of drug-likeness (QED) is 0.791. The lowest BCUT2D eigenvalue weighted by Gasteiger charge is -2.30. The van der Waals surface area contributed by atoms with E-state index in [1.165, 1.54) is 4.90 Å². The number of carbonyl (C=O) groups is 3. The van der Waals surface area contributed by atoms with E-state index < -0.39 is 5.97 Å². The van der Waals surface area contributed by atoms with Crippen LogP contribution in [-0.4, -0.2) is 34.3 Å². The molecule has 19 heavy (non-hydrogen) atoms. The van der Waals surface area contributed by atoms with Gasteiger partial charge in [0.1, 0.15) is 0 Å². The van der Waals surface area contributed by atoms with E-state index in [4.69, 9.17) is 5.11 Å². The lowest BCUT2D eigenvalue weighted by atomic mass is 9.82. The number of imide groups is 1. The van der Waals surface area contributed by atoms with Crippen molar-refractivity contribution in [3.8, 4) is 0 Å². The molecule has 2 fully saturated rings. The summed E-state index contributed by atoms with van der Waals surface area (Å²) in [6.45, 7) is 0.490. The van der Waals surface area contributed by atoms with Crippen LogP contribution in [0.5, 0.6) is 0 Å². The molecule has 1 heterocycles. The Balaban J connectivity index is 1.88. The maximum Gasteiger partial charge on any atom is 0.306 e. The Kier molecular flexibility index (Phi) is 4.56. The summed E-state index contributed by atoms with van der Waals surface area (Å²) in [5, 5.41) is 8.95. The van der Waals surface area contributed by atoms with E-state index in [1.54, 1.807) is 0 Å². The smallest absolute Gasteiger partial charge is 0.306 e. The first kappa shape index (κ1) is 14.0. The van der Waals surface area contributed by atoms with Gasteiger partial charge in [-0.25, -0.2) is 0 Å². The van der Waals surface area contributed by atoms with Crippen molar-refractivity contribution in [1.29, 1.82) is 0 Å². The van der Waals surface area contributed by atoms with Crippen molar-refractivity contribution in [3.63, 3.8) is 0 Å². The minimum atomic E-state index is -0.722. The molecule has 5 nitrogen and oxygen atoms in total. The molecule has 2 aliphatic rings. The Morgan fingerprint density at radius 3 is 2.05 bits per heavy atom. The molecule has 1 aliphatic carbocycles. The van der Waals surface area contributed by atoms with Gasteiger partial charge in [-0.2, -0.15) is 0 Å². The molecule has 0 bridgehead atoms. The molecule has 0 aromatic carbocycles. The highest BCUT2D eigenvalue weighted by Crippen LogP contribution is 2.30. The van der Waals surface area contributed by atoms with Crippen LogP contribution in [0.15, 0.2) is 0 Å². The van der Waals surface area contributed by atoms with E-state index >= 15 is 0 Å². The van der Waals surface area contributed by atoms with Gasteiger partial charge in [0.2, 0.25) is 11.8 Å². The van der Waals surface area contributed by atoms with Gasteiger partial charge < -0.3 is 5.11 Å². The molecule has 1 saturated carbocycles. The van der Waals surface area contributed by atoms with Crippen LogP contribution < -0.4 is 0 Å². The summed E-state index contributed by atoms with van der Waals surface area (Å²) in [5.41, 5.74) is 0. The third kappa shape index (κ3) is 3.55. The van der Waals surface area contributed by atoms with Gasteiger partial charge in [0.25, 0.3) is 0 Å². The van der Waals surface area contributed by atoms with E-state index in [9.17, 15) is 14.4 Å². The number of carbonyl (C=O) groups excluding carboxylic acids is 2. The Bertz CT molecular complexity index is 354. The second-order valence-corrected chi connectivity index (χ2v) is 5.66. The predicted octanol–water partition coefficient (Wildman–Crippen LogP) is 1.81. The number of likely N-dealkylation sites (tertiary alicyclic amines) is 1. The standard InChI is InChI=1S/C14H21NO4/c16-12-3-1-2-4-13(17)15(12)9-10-5-7-11(8-6-10)14(18)19/h10-11H,1-9H2,(H,18,19). The van der Waals surface area contributed by atoms with Crippen molar-refractivity contribution in [2.75, 3.05) is 6.54 Å². The molecule has 1 aliphatic heterocycles. The van der Waals surface area contributed by atoms with Gasteiger partial charge in [-0.1, -0.05) is 0 Å². The van der Waals surface area contributed by atoms with Crippen LogP contribution in [0.25, 0.3) is 0 Å². The Hall–Kier alpha value is -1.39. The number of hydrogen-bond donors (Lipinski definition) is 1. The van der Waals surface area contributed by atoms with Crippen LogP contribution in [0.4, 0.5) is 0 Å². The van der Waals surface area contributed by atoms with Crippen LogP contribution in [0.3, 0.4) is 0 Å². The highest BCUT2D eigenvalue weighted by atomic mass is 16.4. The average Bonchev–Trinajstić information content (AvgIpc) is 2.54. The van der Waals surface area contributed by atoms with E-state index in [2.05, 4.69) is 0 Å². The van der Waals surface area contributed by atoms with Crippen molar-refractivity contribution < 1.29 is 19.5 Å². The molecule has 0 unspecified atom stereocenters. The van der Waals surface area contributed by atoms with Gasteiger partial charge in [0.05, 0.1) is 5.92 Å². The summed E-state index contributed by atoms with van der Waals surface area (Å²) in [7, 11) is 0. The van der Waals surface area contributed by atoms with Crippen molar-refractivity contribution in [2.45, 2.75) is 51.4 Å². The second kappa shape index (κ2) is 6.17. The molecule has 0 spiro atoms.